The summed E-state index contributed by atoms with van der Waals surface area (Å²) in [6.45, 7) is 1.05. The largest absolute Gasteiger partial charge is 0.411 e. The summed E-state index contributed by atoms with van der Waals surface area (Å²) in [5.41, 5.74) is 2.28. The van der Waals surface area contributed by atoms with E-state index in [1.54, 1.807) is 17.0 Å². The summed E-state index contributed by atoms with van der Waals surface area (Å²) in [5.74, 6) is -0.582. The van der Waals surface area contributed by atoms with Crippen molar-refractivity contribution in [2.75, 3.05) is 13.1 Å². The highest BCUT2D eigenvalue weighted by atomic mass is 79.9. The van der Waals surface area contributed by atoms with Crippen LogP contribution in [0.4, 0.5) is 4.39 Å². The number of aromatic nitrogens is 2. The van der Waals surface area contributed by atoms with Gasteiger partial charge in [0.2, 0.25) is 5.91 Å². The molecule has 0 bridgehead atoms. The number of hydrogen-bond donors (Lipinski definition) is 1. The Hall–Kier alpha value is -3.40. The van der Waals surface area contributed by atoms with E-state index in [9.17, 15) is 19.2 Å². The van der Waals surface area contributed by atoms with E-state index in [1.807, 2.05) is 30.3 Å². The van der Waals surface area contributed by atoms with Crippen molar-refractivity contribution in [3.05, 3.63) is 81.3 Å². The van der Waals surface area contributed by atoms with Crippen LogP contribution in [-0.2, 0) is 28.9 Å². The molecule has 182 valence electrons. The normalized spacial score (nSPS) is 14.8. The van der Waals surface area contributed by atoms with Crippen molar-refractivity contribution in [2.45, 2.75) is 32.1 Å². The Morgan fingerprint density at radius 2 is 1.80 bits per heavy atom. The van der Waals surface area contributed by atoms with Crippen LogP contribution in [0.5, 0.6) is 0 Å². The van der Waals surface area contributed by atoms with Crippen LogP contribution in [0.15, 0.2) is 62.8 Å². The molecule has 0 aliphatic carbocycles. The predicted molar refractivity (Wildman–Crippen MR) is 129 cm³/mol. The third-order valence-corrected chi connectivity index (χ3v) is 6.76. The highest BCUT2D eigenvalue weighted by molar-refractivity contribution is 9.10. The molecule has 35 heavy (non-hydrogen) atoms. The average molecular weight is 543 g/mol. The maximum Gasteiger partial charge on any atom is 0.226 e. The van der Waals surface area contributed by atoms with Gasteiger partial charge in [-0.15, -0.1) is 0 Å². The maximum absolute atomic E-state index is 13.5. The first-order chi connectivity index (χ1) is 16.9. The Labute approximate surface area is 209 Å². The van der Waals surface area contributed by atoms with Crippen molar-refractivity contribution in [1.29, 1.82) is 0 Å². The van der Waals surface area contributed by atoms with Crippen LogP contribution in [0.25, 0.3) is 0 Å². The molecule has 10 heteroatoms. The second-order valence-electron chi connectivity index (χ2n) is 8.49. The van der Waals surface area contributed by atoms with Crippen molar-refractivity contribution in [3.8, 4) is 0 Å². The number of amides is 1. The molecule has 0 unspecified atom stereocenters. The zero-order chi connectivity index (χ0) is 24.8. The molecule has 0 spiro atoms. The number of nitrogens with zero attached hydrogens (tertiary/aromatic N) is 4. The summed E-state index contributed by atoms with van der Waals surface area (Å²) in [7, 11) is 0. The molecular formula is C25H24BrFN4O4. The summed E-state index contributed by atoms with van der Waals surface area (Å²) in [6, 6.07) is 14.0. The van der Waals surface area contributed by atoms with Gasteiger partial charge in [-0.05, 0) is 57.2 Å². The van der Waals surface area contributed by atoms with Gasteiger partial charge in [0.1, 0.15) is 23.0 Å². The molecule has 1 saturated heterocycles. The number of oxime groups is 1. The van der Waals surface area contributed by atoms with Crippen molar-refractivity contribution >= 4 is 33.3 Å². The number of carbonyl (C=O) groups excluding carboxylic acids is 2. The van der Waals surface area contributed by atoms with E-state index >= 15 is 0 Å². The first-order valence-electron chi connectivity index (χ1n) is 11.3. The van der Waals surface area contributed by atoms with Crippen LogP contribution in [0.1, 0.15) is 35.4 Å². The maximum atomic E-state index is 13.5. The Morgan fingerprint density at radius 1 is 1.06 bits per heavy atom. The number of carbonyl (C=O) groups is 2. The van der Waals surface area contributed by atoms with Gasteiger partial charge < -0.3 is 10.1 Å². The Morgan fingerprint density at radius 3 is 2.49 bits per heavy atom. The molecule has 2 aromatic carbocycles. The lowest BCUT2D eigenvalue weighted by Crippen LogP contribution is -2.41. The van der Waals surface area contributed by atoms with Gasteiger partial charge in [0, 0.05) is 25.4 Å². The number of halogens is 2. The molecule has 1 fully saturated rings. The van der Waals surface area contributed by atoms with Gasteiger partial charge in [0.05, 0.1) is 17.3 Å². The lowest BCUT2D eigenvalue weighted by molar-refractivity contribution is -0.134. The van der Waals surface area contributed by atoms with Crippen molar-refractivity contribution in [2.24, 2.45) is 11.1 Å². The minimum atomic E-state index is -0.404. The highest BCUT2D eigenvalue weighted by Crippen LogP contribution is 2.22. The Balaban J connectivity index is 1.34. The zero-order valence-electron chi connectivity index (χ0n) is 18.9. The number of likely N-dealkylation sites (tertiary alicyclic amines) is 1. The van der Waals surface area contributed by atoms with Crippen molar-refractivity contribution < 1.29 is 23.8 Å². The number of hydrogen-bond acceptors (Lipinski definition) is 7. The highest BCUT2D eigenvalue weighted by Gasteiger charge is 2.29. The quantitative estimate of drug-likeness (QED) is 0.262. The van der Waals surface area contributed by atoms with Crippen LogP contribution >= 0.6 is 15.9 Å². The number of rotatable bonds is 8. The van der Waals surface area contributed by atoms with E-state index < -0.39 is 5.82 Å². The van der Waals surface area contributed by atoms with E-state index in [4.69, 9.17) is 4.63 Å². The summed E-state index contributed by atoms with van der Waals surface area (Å²) in [6.07, 6.45) is 1.62. The summed E-state index contributed by atoms with van der Waals surface area (Å²) < 4.78 is 18.6. The molecule has 3 aromatic rings. The Bertz CT molecular complexity index is 1220. The number of piperidine rings is 1. The second kappa shape index (κ2) is 11.4. The average Bonchev–Trinajstić information content (AvgIpc) is 3.33. The van der Waals surface area contributed by atoms with E-state index in [0.29, 0.717) is 37.9 Å². The van der Waals surface area contributed by atoms with Crippen molar-refractivity contribution in [3.63, 3.8) is 0 Å². The van der Waals surface area contributed by atoms with Crippen LogP contribution in [0, 0.1) is 11.7 Å². The molecule has 1 amide bonds. The zero-order valence-corrected chi connectivity index (χ0v) is 20.4. The molecule has 8 nitrogen and oxygen atoms in total. The molecule has 0 atom stereocenters. The van der Waals surface area contributed by atoms with E-state index in [-0.39, 0.29) is 52.0 Å². The third-order valence-electron chi connectivity index (χ3n) is 6.15. The minimum Gasteiger partial charge on any atom is -0.411 e. The van der Waals surface area contributed by atoms with E-state index in [1.165, 1.54) is 6.07 Å². The standard InChI is InChI=1S/C25H24BrFN4O4/c26-19-12-17(6-7-20(19)27)13-21(28-34)25-22(29-35-30-25)15-23(32)18-8-10-31(11-9-18)24(33)14-16-4-2-1-3-5-16/h1-7,12,18,34H,8-11,13-15H2. The molecule has 1 N–H and O–H groups in total. The monoisotopic (exact) mass is 542 g/mol. The van der Waals surface area contributed by atoms with Crippen molar-refractivity contribution in [1.82, 2.24) is 15.2 Å². The summed E-state index contributed by atoms with van der Waals surface area (Å²) in [4.78, 5) is 27.4. The minimum absolute atomic E-state index is 0.0202. The number of ketones is 1. The summed E-state index contributed by atoms with van der Waals surface area (Å²) in [5, 5.41) is 20.5. The van der Waals surface area contributed by atoms with Gasteiger partial charge in [-0.3, -0.25) is 9.59 Å². The lowest BCUT2D eigenvalue weighted by atomic mass is 9.89. The topological polar surface area (TPSA) is 109 Å². The lowest BCUT2D eigenvalue weighted by Gasteiger charge is -2.31. The molecule has 4 rings (SSSR count). The predicted octanol–water partition coefficient (Wildman–Crippen LogP) is 3.99. The van der Waals surface area contributed by atoms with Gasteiger partial charge in [-0.2, -0.15) is 0 Å². The van der Waals surface area contributed by atoms with Crippen LogP contribution in [0.3, 0.4) is 0 Å². The van der Waals surface area contributed by atoms with E-state index in [2.05, 4.69) is 31.4 Å². The molecule has 1 aromatic heterocycles. The van der Waals surface area contributed by atoms with Gasteiger partial charge in [-0.1, -0.05) is 46.7 Å². The van der Waals surface area contributed by atoms with Crippen LogP contribution in [-0.4, -0.2) is 50.9 Å². The first-order valence-corrected chi connectivity index (χ1v) is 12.0. The number of Topliss-reactive ketones (excluding diaryl/α,β-unsaturated/α-hetero) is 1. The fraction of sp³-hybridized carbons (Fsp3) is 0.320. The Kier molecular flexibility index (Phi) is 8.02. The van der Waals surface area contributed by atoms with Gasteiger partial charge >= 0.3 is 0 Å². The molecule has 0 saturated carbocycles. The van der Waals surface area contributed by atoms with Crippen LogP contribution < -0.4 is 0 Å². The van der Waals surface area contributed by atoms with E-state index in [0.717, 1.165) is 5.56 Å². The molecule has 2 heterocycles. The van der Waals surface area contributed by atoms with Gasteiger partial charge in [-0.25, -0.2) is 9.02 Å². The fourth-order valence-electron chi connectivity index (χ4n) is 4.19. The van der Waals surface area contributed by atoms with Crippen LogP contribution in [0.2, 0.25) is 0 Å². The second-order valence-corrected chi connectivity index (χ2v) is 9.35. The summed E-state index contributed by atoms with van der Waals surface area (Å²) >= 11 is 3.13. The third kappa shape index (κ3) is 6.19. The smallest absolute Gasteiger partial charge is 0.226 e. The first kappa shape index (κ1) is 24.7. The molecule has 1 aliphatic rings. The van der Waals surface area contributed by atoms with Gasteiger partial charge in [0.25, 0.3) is 0 Å². The van der Waals surface area contributed by atoms with Gasteiger partial charge in [0.15, 0.2) is 5.69 Å². The molecule has 0 radical (unpaired) electrons. The molecule has 1 aliphatic heterocycles. The molecular weight excluding hydrogens is 519 g/mol. The number of benzene rings is 2. The fourth-order valence-corrected chi connectivity index (χ4v) is 4.62. The SMILES string of the molecule is O=C(Cc1nonc1C(Cc1ccc(F)c(Br)c1)=NO)C1CCN(C(=O)Cc2ccccc2)CC1.